The number of imide groups is 1. The molecule has 7 amide bonds. The summed E-state index contributed by atoms with van der Waals surface area (Å²) in [7, 11) is 1.80. The standard InChI is InChI=1S/C41H51FN14O5/c1-50-13-18-55(41(50)61)28-3-2-10-54(24-28)39-47-37(35(36(43)58)48-49-39)45-26-4-6-33(31(42)19-26)53-16-14-51(15-17-53)23-25-8-11-52(12-9-25)27-5-7-32-30(20-27)38(59)44-22-29-21-34(57)46-40(60)56(29)32/h4-7,19-20,25,28-29H,2-3,8-18,21-24H2,1H3,(H2,43,58)(H,44,59)(H,45,47,49)(H,46,57,60)/t28-,29?/m1/s1. The lowest BCUT2D eigenvalue weighted by molar-refractivity contribution is -0.120. The maximum Gasteiger partial charge on any atom is 0.328 e. The van der Waals surface area contributed by atoms with Crippen LogP contribution in [0.2, 0.25) is 0 Å². The lowest BCUT2D eigenvalue weighted by Crippen LogP contribution is -2.57. The van der Waals surface area contributed by atoms with E-state index >= 15 is 4.39 Å². The van der Waals surface area contributed by atoms with Gasteiger partial charge in [-0.05, 0) is 68.0 Å². The van der Waals surface area contributed by atoms with E-state index in [0.29, 0.717) is 73.8 Å². The molecule has 0 radical (unpaired) electrons. The summed E-state index contributed by atoms with van der Waals surface area (Å²) in [5.41, 5.74) is 8.22. The van der Waals surface area contributed by atoms with Crippen molar-refractivity contribution in [1.82, 2.24) is 40.5 Å². The molecule has 1 aromatic heterocycles. The van der Waals surface area contributed by atoms with Crippen molar-refractivity contribution in [2.24, 2.45) is 11.7 Å². The van der Waals surface area contributed by atoms with E-state index < -0.39 is 23.8 Å². The van der Waals surface area contributed by atoms with Gasteiger partial charge in [0.1, 0.15) is 5.82 Å². The first-order valence-electron chi connectivity index (χ1n) is 21.1. The Hall–Kier alpha value is -6.31. The quantitative estimate of drug-likeness (QED) is 0.243. The summed E-state index contributed by atoms with van der Waals surface area (Å²) >= 11 is 0. The number of anilines is 6. The van der Waals surface area contributed by atoms with E-state index in [0.717, 1.165) is 64.1 Å². The lowest BCUT2D eigenvalue weighted by Gasteiger charge is -2.40. The minimum atomic E-state index is -0.813. The van der Waals surface area contributed by atoms with Crippen LogP contribution in [0.1, 0.15) is 53.0 Å². The Morgan fingerprint density at radius 3 is 2.39 bits per heavy atom. The maximum atomic E-state index is 15.8. The van der Waals surface area contributed by atoms with Crippen LogP contribution in [0.25, 0.3) is 0 Å². The number of hydrogen-bond acceptors (Lipinski definition) is 13. The predicted molar refractivity (Wildman–Crippen MR) is 225 cm³/mol. The van der Waals surface area contributed by atoms with Gasteiger partial charge in [-0.1, -0.05) is 0 Å². The second-order valence-corrected chi connectivity index (χ2v) is 16.8. The minimum Gasteiger partial charge on any atom is -0.371 e. The highest BCUT2D eigenvalue weighted by Gasteiger charge is 2.39. The van der Waals surface area contributed by atoms with Gasteiger partial charge in [-0.2, -0.15) is 4.98 Å². The lowest BCUT2D eigenvalue weighted by atomic mass is 9.95. The largest absolute Gasteiger partial charge is 0.371 e. The van der Waals surface area contributed by atoms with Gasteiger partial charge >= 0.3 is 12.1 Å². The Bertz CT molecular complexity index is 2230. The number of piperidine rings is 2. The number of nitrogens with one attached hydrogen (secondary N) is 3. The van der Waals surface area contributed by atoms with E-state index in [-0.39, 0.29) is 48.4 Å². The minimum absolute atomic E-state index is 0.00231. The van der Waals surface area contributed by atoms with Gasteiger partial charge in [0.25, 0.3) is 11.8 Å². The van der Waals surface area contributed by atoms with E-state index in [4.69, 9.17) is 5.73 Å². The maximum absolute atomic E-state index is 15.8. The number of piperazine rings is 1. The van der Waals surface area contributed by atoms with Crippen LogP contribution in [-0.2, 0) is 4.79 Å². The summed E-state index contributed by atoms with van der Waals surface area (Å²) in [4.78, 5) is 81.2. The number of amides is 7. The van der Waals surface area contributed by atoms with Crippen molar-refractivity contribution in [3.63, 3.8) is 0 Å². The molecule has 6 aliphatic rings. The molecule has 0 spiro atoms. The van der Waals surface area contributed by atoms with Crippen LogP contribution in [0, 0.1) is 11.7 Å². The van der Waals surface area contributed by atoms with E-state index in [2.05, 4.69) is 45.8 Å². The number of aromatic nitrogens is 3. The molecule has 61 heavy (non-hydrogen) atoms. The molecule has 5 saturated heterocycles. The topological polar surface area (TPSA) is 209 Å². The fraction of sp³-hybridized carbons (Fsp3) is 0.512. The first-order valence-corrected chi connectivity index (χ1v) is 21.1. The molecular weight excluding hydrogens is 788 g/mol. The fourth-order valence-electron chi connectivity index (χ4n) is 9.58. The van der Waals surface area contributed by atoms with Crippen molar-refractivity contribution in [3.8, 4) is 0 Å². The first-order chi connectivity index (χ1) is 29.5. The zero-order chi connectivity index (χ0) is 42.4. The Morgan fingerprint density at radius 2 is 1.66 bits per heavy atom. The van der Waals surface area contributed by atoms with Crippen molar-refractivity contribution >= 4 is 64.3 Å². The SMILES string of the molecule is CN1CCN([C@@H]2CCCN(c3nnc(C(N)=O)c(Nc4ccc(N5CCN(CC6CCN(c7ccc8c(c7)C(=O)NCC7CC(=O)NC(=O)N87)CC6)CC5)c(F)c4)n3)C2)C1=O. The number of carbonyl (C=O) groups excluding carboxylic acids is 5. The number of benzene rings is 2. The van der Waals surface area contributed by atoms with Gasteiger partial charge in [-0.3, -0.25) is 29.5 Å². The van der Waals surface area contributed by atoms with E-state index in [1.807, 2.05) is 28.0 Å². The Morgan fingerprint density at radius 1 is 0.869 bits per heavy atom. The van der Waals surface area contributed by atoms with E-state index in [1.54, 1.807) is 24.1 Å². The second kappa shape index (κ2) is 16.6. The zero-order valence-corrected chi connectivity index (χ0v) is 34.2. The molecule has 5 N–H and O–H groups in total. The van der Waals surface area contributed by atoms with Crippen LogP contribution in [0.3, 0.4) is 0 Å². The molecule has 7 heterocycles. The first kappa shape index (κ1) is 40.1. The third-order valence-corrected chi connectivity index (χ3v) is 12.9. The number of hydrogen-bond donors (Lipinski definition) is 4. The van der Waals surface area contributed by atoms with Gasteiger partial charge < -0.3 is 40.9 Å². The summed E-state index contributed by atoms with van der Waals surface area (Å²) in [6, 6.07) is 9.56. The van der Waals surface area contributed by atoms with Crippen molar-refractivity contribution in [1.29, 1.82) is 0 Å². The molecule has 2 atom stereocenters. The zero-order valence-electron chi connectivity index (χ0n) is 34.2. The molecule has 19 nitrogen and oxygen atoms in total. The third kappa shape index (κ3) is 8.15. The number of likely N-dealkylation sites (N-methyl/N-ethyl adjacent to an activating group) is 1. The number of urea groups is 2. The molecule has 2 aromatic carbocycles. The summed E-state index contributed by atoms with van der Waals surface area (Å²) in [5.74, 6) is -0.937. The van der Waals surface area contributed by atoms with Crippen LogP contribution in [0.5, 0.6) is 0 Å². The highest BCUT2D eigenvalue weighted by atomic mass is 19.1. The van der Waals surface area contributed by atoms with E-state index in [1.165, 1.54) is 11.0 Å². The predicted octanol–water partition coefficient (Wildman–Crippen LogP) is 1.79. The van der Waals surface area contributed by atoms with Crippen molar-refractivity contribution in [2.75, 3.05) is 111 Å². The summed E-state index contributed by atoms with van der Waals surface area (Å²) < 4.78 is 15.8. The van der Waals surface area contributed by atoms with Gasteiger partial charge in [0.05, 0.1) is 29.0 Å². The summed E-state index contributed by atoms with van der Waals surface area (Å²) in [5, 5.41) is 16.6. The molecule has 0 saturated carbocycles. The number of nitrogens with zero attached hydrogens (tertiary/aromatic N) is 10. The van der Waals surface area contributed by atoms with Gasteiger partial charge in [0.15, 0.2) is 11.5 Å². The Kier molecular flexibility index (Phi) is 10.9. The highest BCUT2D eigenvalue weighted by molar-refractivity contribution is 6.11. The number of primary amides is 1. The molecular formula is C41H51FN14O5. The van der Waals surface area contributed by atoms with Crippen molar-refractivity contribution in [3.05, 3.63) is 53.5 Å². The molecule has 0 bridgehead atoms. The number of nitrogens with two attached hydrogens (primary N) is 1. The molecule has 20 heteroatoms. The smallest absolute Gasteiger partial charge is 0.328 e. The van der Waals surface area contributed by atoms with Crippen LogP contribution in [0.4, 0.5) is 48.5 Å². The summed E-state index contributed by atoms with van der Waals surface area (Å²) in [6.45, 7) is 8.32. The third-order valence-electron chi connectivity index (χ3n) is 12.9. The van der Waals surface area contributed by atoms with Crippen molar-refractivity contribution < 1.29 is 28.4 Å². The van der Waals surface area contributed by atoms with Crippen LogP contribution < -0.4 is 41.3 Å². The average molecular weight is 839 g/mol. The number of halogens is 1. The van der Waals surface area contributed by atoms with Crippen LogP contribution in [0.15, 0.2) is 36.4 Å². The summed E-state index contributed by atoms with van der Waals surface area (Å²) in [6.07, 6.45) is 3.81. The van der Waals surface area contributed by atoms with Gasteiger partial charge in [0.2, 0.25) is 11.9 Å². The van der Waals surface area contributed by atoms with Gasteiger partial charge in [-0.25, -0.2) is 14.0 Å². The molecule has 6 aliphatic heterocycles. The second-order valence-electron chi connectivity index (χ2n) is 16.8. The van der Waals surface area contributed by atoms with Crippen molar-refractivity contribution in [2.45, 2.75) is 44.2 Å². The van der Waals surface area contributed by atoms with Gasteiger partial charge in [0, 0.05) is 103 Å². The highest BCUT2D eigenvalue weighted by Crippen LogP contribution is 2.34. The molecule has 3 aromatic rings. The number of carbonyl (C=O) groups is 5. The monoisotopic (exact) mass is 838 g/mol. The molecule has 5 fully saturated rings. The number of rotatable bonds is 9. The number of fused-ring (bicyclic) bond motifs is 3. The Labute approximate surface area is 352 Å². The van der Waals surface area contributed by atoms with Crippen LogP contribution >= 0.6 is 0 Å². The van der Waals surface area contributed by atoms with Crippen LogP contribution in [-0.4, -0.2) is 157 Å². The molecule has 322 valence electrons. The van der Waals surface area contributed by atoms with Gasteiger partial charge in [-0.15, -0.1) is 10.2 Å². The molecule has 1 unspecified atom stereocenters. The molecule has 0 aliphatic carbocycles. The Balaban J connectivity index is 0.778. The van der Waals surface area contributed by atoms with E-state index in [9.17, 15) is 24.0 Å². The molecule has 9 rings (SSSR count). The average Bonchev–Trinajstić information content (AvgIpc) is 3.52. The normalized spacial score (nSPS) is 22.8. The fourth-order valence-corrected chi connectivity index (χ4v) is 9.58.